The molecule has 0 bridgehead atoms. The fraction of sp³-hybridized carbons (Fsp3) is 0.143. The lowest BCUT2D eigenvalue weighted by Crippen LogP contribution is -2.54. The molecular formula is C14H13BN4O6S. The predicted octanol–water partition coefficient (Wildman–Crippen LogP) is -0.259. The molecule has 0 saturated carbocycles. The van der Waals surface area contributed by atoms with Gasteiger partial charge in [-0.15, -0.1) is 0 Å². The van der Waals surface area contributed by atoms with E-state index in [0.29, 0.717) is 5.56 Å². The van der Waals surface area contributed by atoms with Gasteiger partial charge < -0.3 is 31.0 Å². The first-order chi connectivity index (χ1) is 12.4. The largest absolute Gasteiger partial charge is 0.547 e. The number of amides is 1. The number of fused-ring (bicyclic) bond motifs is 1. The molecule has 1 aromatic carbocycles. The van der Waals surface area contributed by atoms with Crippen LogP contribution in [-0.4, -0.2) is 51.0 Å². The molecule has 0 fully saturated rings. The number of nitrogens with one attached hydrogen (secondary N) is 1. The maximum absolute atomic E-state index is 12.4. The first-order valence-electron chi connectivity index (χ1n) is 7.35. The van der Waals surface area contributed by atoms with E-state index in [-0.39, 0.29) is 33.5 Å². The van der Waals surface area contributed by atoms with Crippen LogP contribution in [0.3, 0.4) is 0 Å². The lowest BCUT2D eigenvalue weighted by Gasteiger charge is -2.28. The molecule has 26 heavy (non-hydrogen) atoms. The van der Waals surface area contributed by atoms with Gasteiger partial charge >= 0.3 is 13.1 Å². The zero-order chi connectivity index (χ0) is 18.8. The Kier molecular flexibility index (Phi) is 4.78. The molecule has 0 saturated heterocycles. The molecular weight excluding hydrogens is 363 g/mol. The Hall–Kier alpha value is -3.12. The summed E-state index contributed by atoms with van der Waals surface area (Å²) in [6.45, 7) is 0. The summed E-state index contributed by atoms with van der Waals surface area (Å²) in [7, 11) is -1.47. The molecule has 0 spiro atoms. The zero-order valence-corrected chi connectivity index (χ0v) is 13.9. The van der Waals surface area contributed by atoms with Crippen molar-refractivity contribution in [3.05, 3.63) is 40.4 Å². The number of nitrogens with zero attached hydrogens (tertiary/aromatic N) is 2. The Morgan fingerprint density at radius 2 is 2.23 bits per heavy atom. The van der Waals surface area contributed by atoms with Gasteiger partial charge in [0.2, 0.25) is 0 Å². The van der Waals surface area contributed by atoms with Crippen LogP contribution < -0.4 is 15.7 Å². The molecule has 1 aromatic heterocycles. The number of benzene rings is 1. The third-order valence-electron chi connectivity index (χ3n) is 3.74. The summed E-state index contributed by atoms with van der Waals surface area (Å²) in [6.07, 6.45) is 1.42. The van der Waals surface area contributed by atoms with Gasteiger partial charge in [0, 0.05) is 6.20 Å². The minimum absolute atomic E-state index is 0.0595. The minimum Gasteiger partial charge on any atom is -0.534 e. The highest BCUT2D eigenvalue weighted by atomic mass is 32.1. The van der Waals surface area contributed by atoms with Gasteiger partial charge in [-0.25, -0.2) is 9.78 Å². The third kappa shape index (κ3) is 3.32. The molecule has 6 N–H and O–H groups in total. The first kappa shape index (κ1) is 17.7. The monoisotopic (exact) mass is 376 g/mol. The number of carbonyl (C=O) groups is 2. The molecule has 1 atom stereocenters. The Bertz CT molecular complexity index is 901. The van der Waals surface area contributed by atoms with Crippen molar-refractivity contribution in [2.75, 3.05) is 5.73 Å². The van der Waals surface area contributed by atoms with E-state index in [1.807, 2.05) is 0 Å². The van der Waals surface area contributed by atoms with Gasteiger partial charge in [0.1, 0.15) is 5.75 Å². The van der Waals surface area contributed by atoms with E-state index in [1.54, 1.807) is 12.1 Å². The van der Waals surface area contributed by atoms with Crippen LogP contribution in [0.1, 0.15) is 20.8 Å². The van der Waals surface area contributed by atoms with Gasteiger partial charge in [-0.2, -0.15) is 0 Å². The highest BCUT2D eigenvalue weighted by molar-refractivity contribution is 7.18. The maximum Gasteiger partial charge on any atom is 0.547 e. The van der Waals surface area contributed by atoms with E-state index in [4.69, 9.17) is 15.6 Å². The van der Waals surface area contributed by atoms with Gasteiger partial charge in [0.25, 0.3) is 5.91 Å². The topological polar surface area (TPSA) is 167 Å². The summed E-state index contributed by atoms with van der Waals surface area (Å²) < 4.78 is 5.29. The molecule has 0 radical (unpaired) electrons. The predicted molar refractivity (Wildman–Crippen MR) is 92.5 cm³/mol. The molecule has 10 nitrogen and oxygen atoms in total. The second kappa shape index (κ2) is 7.02. The van der Waals surface area contributed by atoms with E-state index in [2.05, 4.69) is 15.5 Å². The van der Waals surface area contributed by atoms with Gasteiger partial charge in [-0.3, -0.25) is 4.79 Å². The van der Waals surface area contributed by atoms with Crippen molar-refractivity contribution in [3.8, 4) is 5.75 Å². The second-order valence-electron chi connectivity index (χ2n) is 5.40. The Labute approximate surface area is 151 Å². The lowest BCUT2D eigenvalue weighted by atomic mass is 9.72. The number of nitrogens with two attached hydrogens (primary N) is 1. The number of hydrogen-bond acceptors (Lipinski definition) is 9. The molecule has 12 heteroatoms. The van der Waals surface area contributed by atoms with Gasteiger partial charge in [0.05, 0.1) is 16.4 Å². The highest BCUT2D eigenvalue weighted by Crippen LogP contribution is 2.30. The smallest absolute Gasteiger partial charge is 0.534 e. The van der Waals surface area contributed by atoms with Crippen molar-refractivity contribution in [2.24, 2.45) is 5.16 Å². The van der Waals surface area contributed by atoms with Gasteiger partial charge in [-0.05, 0) is 18.1 Å². The number of nitrogen functional groups attached to an aromatic ring is 1. The van der Waals surface area contributed by atoms with E-state index in [0.717, 1.165) is 11.3 Å². The van der Waals surface area contributed by atoms with Crippen molar-refractivity contribution in [1.29, 1.82) is 0 Å². The standard InChI is InChI=1S/C14H13BN4O6S/c16-14-17-5-8(26-14)10(19-24)12(20)18-9-4-6-2-1-3-7(13(21)22)11(6)25-15(9)23/h1-3,5,9,23-24H,4H2,(H2,16,17)(H,18,20)(H,21,22). The molecule has 1 unspecified atom stereocenters. The van der Waals surface area contributed by atoms with Crippen molar-refractivity contribution < 1.29 is 29.6 Å². The van der Waals surface area contributed by atoms with Crippen LogP contribution in [0.4, 0.5) is 5.13 Å². The number of oxime groups is 1. The van der Waals surface area contributed by atoms with Gasteiger partial charge in [0.15, 0.2) is 10.8 Å². The molecule has 1 amide bonds. The number of para-hydroxylation sites is 1. The van der Waals surface area contributed by atoms with E-state index in [9.17, 15) is 19.7 Å². The van der Waals surface area contributed by atoms with Crippen molar-refractivity contribution in [1.82, 2.24) is 10.3 Å². The number of rotatable bonds is 4. The van der Waals surface area contributed by atoms with Crippen LogP contribution in [0.15, 0.2) is 29.6 Å². The van der Waals surface area contributed by atoms with E-state index >= 15 is 0 Å². The molecule has 2 aromatic rings. The summed E-state index contributed by atoms with van der Waals surface area (Å²) in [4.78, 5) is 27.6. The SMILES string of the molecule is Nc1ncc(C(=NO)C(=O)NC2Cc3cccc(C(=O)O)c3OB2O)s1. The van der Waals surface area contributed by atoms with Crippen LogP contribution in [0.25, 0.3) is 0 Å². The number of hydrogen-bond donors (Lipinski definition) is 5. The normalized spacial score (nSPS) is 16.6. The summed E-state index contributed by atoms with van der Waals surface area (Å²) in [6, 6.07) is 4.54. The van der Waals surface area contributed by atoms with E-state index in [1.165, 1.54) is 12.3 Å². The molecule has 134 valence electrons. The summed E-state index contributed by atoms with van der Waals surface area (Å²) >= 11 is 0.961. The number of aromatic carboxylic acids is 1. The van der Waals surface area contributed by atoms with Crippen molar-refractivity contribution >= 4 is 41.2 Å². The second-order valence-corrected chi connectivity index (χ2v) is 6.47. The van der Waals surface area contributed by atoms with Crippen LogP contribution in [-0.2, 0) is 11.2 Å². The summed E-state index contributed by atoms with van der Waals surface area (Å²) in [5.74, 6) is -2.76. The quantitative estimate of drug-likeness (QED) is 0.211. The first-order valence-corrected chi connectivity index (χ1v) is 8.17. The van der Waals surface area contributed by atoms with Crippen molar-refractivity contribution in [3.63, 3.8) is 0 Å². The van der Waals surface area contributed by atoms with Crippen LogP contribution in [0, 0.1) is 0 Å². The van der Waals surface area contributed by atoms with E-state index < -0.39 is 24.9 Å². The Morgan fingerprint density at radius 1 is 1.46 bits per heavy atom. The van der Waals surface area contributed by atoms with Crippen LogP contribution in [0.5, 0.6) is 5.75 Å². The zero-order valence-electron chi connectivity index (χ0n) is 13.1. The lowest BCUT2D eigenvalue weighted by molar-refractivity contribution is -0.115. The van der Waals surface area contributed by atoms with Crippen LogP contribution in [0.2, 0.25) is 0 Å². The molecule has 1 aliphatic heterocycles. The number of carboxylic acid groups (broad SMARTS) is 1. The molecule has 3 rings (SSSR count). The Morgan fingerprint density at radius 3 is 2.85 bits per heavy atom. The van der Waals surface area contributed by atoms with Gasteiger partial charge in [-0.1, -0.05) is 28.6 Å². The number of aromatic nitrogens is 1. The Balaban J connectivity index is 1.80. The fourth-order valence-corrected chi connectivity index (χ4v) is 3.22. The molecule has 1 aliphatic rings. The summed E-state index contributed by atoms with van der Waals surface area (Å²) in [5.41, 5.74) is 5.63. The third-order valence-corrected chi connectivity index (χ3v) is 4.57. The average molecular weight is 376 g/mol. The number of carboxylic acids is 1. The fourth-order valence-electron chi connectivity index (χ4n) is 2.56. The van der Waals surface area contributed by atoms with Crippen molar-refractivity contribution in [2.45, 2.75) is 12.4 Å². The minimum atomic E-state index is -1.47. The van der Waals surface area contributed by atoms with Crippen LogP contribution >= 0.6 is 11.3 Å². The number of thiazole rings is 1. The number of carbonyl (C=O) groups excluding carboxylic acids is 1. The highest BCUT2D eigenvalue weighted by Gasteiger charge is 2.38. The maximum atomic E-state index is 12.4. The average Bonchev–Trinajstić information content (AvgIpc) is 3.01. The molecule has 0 aliphatic carbocycles. The summed E-state index contributed by atoms with van der Waals surface area (Å²) in [5, 5.41) is 34.1. The molecule has 2 heterocycles. The number of anilines is 1.